The van der Waals surface area contributed by atoms with Crippen LogP contribution in [0.15, 0.2) is 47.5 Å². The van der Waals surface area contributed by atoms with Crippen LogP contribution in [0.5, 0.6) is 0 Å². The third-order valence-electron chi connectivity index (χ3n) is 2.84. The van der Waals surface area contributed by atoms with E-state index in [0.29, 0.717) is 11.5 Å². The van der Waals surface area contributed by atoms with Crippen molar-refractivity contribution < 1.29 is 8.42 Å². The number of rotatable bonds is 5. The first-order chi connectivity index (χ1) is 9.56. The topological polar surface area (TPSA) is 97.1 Å². The van der Waals surface area contributed by atoms with Crippen LogP contribution < -0.4 is 16.0 Å². The van der Waals surface area contributed by atoms with Crippen molar-refractivity contribution >= 4 is 21.5 Å². The zero-order valence-electron chi connectivity index (χ0n) is 11.0. The zero-order valence-corrected chi connectivity index (χ0v) is 11.8. The van der Waals surface area contributed by atoms with Gasteiger partial charge in [-0.1, -0.05) is 25.1 Å². The third-order valence-corrected chi connectivity index (χ3v) is 4.19. The fourth-order valence-electron chi connectivity index (χ4n) is 1.76. The van der Waals surface area contributed by atoms with Gasteiger partial charge in [-0.25, -0.2) is 19.2 Å². The fraction of sp³-hybridized carbons (Fsp3) is 0.154. The molecule has 0 saturated carbocycles. The molecule has 0 amide bonds. The van der Waals surface area contributed by atoms with Crippen molar-refractivity contribution in [1.29, 1.82) is 0 Å². The van der Waals surface area contributed by atoms with E-state index in [2.05, 4.69) is 15.1 Å². The molecule has 0 radical (unpaired) electrons. The Hall–Kier alpha value is -2.12. The summed E-state index contributed by atoms with van der Waals surface area (Å²) in [5, 5.41) is 0. The molecule has 4 N–H and O–H groups in total. The molecular weight excluding hydrogens is 276 g/mol. The highest BCUT2D eigenvalue weighted by atomic mass is 32.2. The smallest absolute Gasteiger partial charge is 0.263 e. The number of pyridine rings is 1. The fourth-order valence-corrected chi connectivity index (χ4v) is 2.80. The second-order valence-corrected chi connectivity index (χ2v) is 5.82. The number of nitrogen functional groups attached to an aromatic ring is 1. The van der Waals surface area contributed by atoms with Gasteiger partial charge in [0.05, 0.1) is 5.69 Å². The largest absolute Gasteiger partial charge is 0.308 e. The zero-order chi connectivity index (χ0) is 14.6. The summed E-state index contributed by atoms with van der Waals surface area (Å²) < 4.78 is 27.1. The van der Waals surface area contributed by atoms with Gasteiger partial charge in [-0.15, -0.1) is 0 Å². The second kappa shape index (κ2) is 5.89. The molecule has 106 valence electrons. The Kier molecular flexibility index (Phi) is 4.21. The van der Waals surface area contributed by atoms with Crippen LogP contribution >= 0.6 is 0 Å². The molecule has 0 unspecified atom stereocenters. The average Bonchev–Trinajstić information content (AvgIpc) is 2.47. The van der Waals surface area contributed by atoms with Gasteiger partial charge in [0, 0.05) is 6.20 Å². The summed E-state index contributed by atoms with van der Waals surface area (Å²) in [4.78, 5) is 3.98. The summed E-state index contributed by atoms with van der Waals surface area (Å²) in [5.74, 6) is 5.59. The number of para-hydroxylation sites is 1. The van der Waals surface area contributed by atoms with Crippen LogP contribution in [0.3, 0.4) is 0 Å². The minimum Gasteiger partial charge on any atom is -0.308 e. The van der Waals surface area contributed by atoms with Crippen molar-refractivity contribution in [2.75, 3.05) is 10.1 Å². The number of aryl methyl sites for hydroxylation is 1. The molecule has 0 saturated heterocycles. The number of hydrazine groups is 1. The van der Waals surface area contributed by atoms with E-state index < -0.39 is 10.0 Å². The van der Waals surface area contributed by atoms with E-state index in [0.717, 1.165) is 12.0 Å². The van der Waals surface area contributed by atoms with E-state index >= 15 is 0 Å². The molecule has 0 aliphatic rings. The van der Waals surface area contributed by atoms with E-state index in [9.17, 15) is 8.42 Å². The summed E-state index contributed by atoms with van der Waals surface area (Å²) in [5.41, 5.74) is 3.86. The first-order valence-electron chi connectivity index (χ1n) is 6.10. The van der Waals surface area contributed by atoms with Gasteiger partial charge in [0.15, 0.2) is 0 Å². The van der Waals surface area contributed by atoms with Crippen molar-refractivity contribution in [2.45, 2.75) is 18.2 Å². The average molecular weight is 292 g/mol. The van der Waals surface area contributed by atoms with Gasteiger partial charge in [0.2, 0.25) is 0 Å². The normalized spacial score (nSPS) is 11.1. The Morgan fingerprint density at radius 2 is 1.95 bits per heavy atom. The monoisotopic (exact) mass is 292 g/mol. The van der Waals surface area contributed by atoms with Crippen LogP contribution in [0, 0.1) is 0 Å². The number of nitrogens with zero attached hydrogens (tertiary/aromatic N) is 1. The summed E-state index contributed by atoms with van der Waals surface area (Å²) >= 11 is 0. The van der Waals surface area contributed by atoms with E-state index in [1.807, 2.05) is 19.1 Å². The predicted molar refractivity (Wildman–Crippen MR) is 78.7 cm³/mol. The predicted octanol–water partition coefficient (Wildman–Crippen LogP) is 1.73. The van der Waals surface area contributed by atoms with Crippen molar-refractivity contribution in [3.8, 4) is 0 Å². The maximum atomic E-state index is 12.3. The number of nitrogens with one attached hydrogen (secondary N) is 2. The van der Waals surface area contributed by atoms with Crippen molar-refractivity contribution in [1.82, 2.24) is 4.98 Å². The molecule has 1 aromatic carbocycles. The van der Waals surface area contributed by atoms with Gasteiger partial charge in [0.25, 0.3) is 10.0 Å². The first kappa shape index (κ1) is 14.3. The minimum atomic E-state index is -3.65. The first-order valence-corrected chi connectivity index (χ1v) is 7.58. The van der Waals surface area contributed by atoms with Crippen LogP contribution in [0.4, 0.5) is 11.5 Å². The SMILES string of the molecule is CCc1ccccc1NS(=O)(=O)c1ccc(NN)nc1. The molecule has 6 nitrogen and oxygen atoms in total. The van der Waals surface area contributed by atoms with Crippen molar-refractivity contribution in [3.05, 3.63) is 48.2 Å². The number of sulfonamides is 1. The lowest BCUT2D eigenvalue weighted by Crippen LogP contribution is -2.15. The van der Waals surface area contributed by atoms with Gasteiger partial charge < -0.3 is 5.43 Å². The molecule has 0 bridgehead atoms. The maximum absolute atomic E-state index is 12.3. The molecule has 0 aliphatic heterocycles. The van der Waals surface area contributed by atoms with Crippen LogP contribution in [0.2, 0.25) is 0 Å². The highest BCUT2D eigenvalue weighted by Crippen LogP contribution is 2.20. The van der Waals surface area contributed by atoms with Gasteiger partial charge in [0.1, 0.15) is 10.7 Å². The molecule has 7 heteroatoms. The molecular formula is C13H16N4O2S. The Labute approximate surface area is 118 Å². The lowest BCUT2D eigenvalue weighted by molar-refractivity contribution is 0.601. The van der Waals surface area contributed by atoms with E-state index in [-0.39, 0.29) is 4.90 Å². The van der Waals surface area contributed by atoms with Crippen LogP contribution in [-0.2, 0) is 16.4 Å². The minimum absolute atomic E-state index is 0.0856. The molecule has 0 spiro atoms. The third kappa shape index (κ3) is 3.06. The Morgan fingerprint density at radius 3 is 2.55 bits per heavy atom. The second-order valence-electron chi connectivity index (χ2n) is 4.14. The van der Waals surface area contributed by atoms with E-state index in [1.54, 1.807) is 12.1 Å². The van der Waals surface area contributed by atoms with Gasteiger partial charge in [-0.2, -0.15) is 0 Å². The molecule has 2 rings (SSSR count). The quantitative estimate of drug-likeness (QED) is 0.576. The highest BCUT2D eigenvalue weighted by Gasteiger charge is 2.15. The lowest BCUT2D eigenvalue weighted by Gasteiger charge is -2.11. The number of benzene rings is 1. The Bertz CT molecular complexity index is 684. The summed E-state index contributed by atoms with van der Waals surface area (Å²) in [6.45, 7) is 1.97. The van der Waals surface area contributed by atoms with E-state index in [4.69, 9.17) is 5.84 Å². The number of aromatic nitrogens is 1. The van der Waals surface area contributed by atoms with Gasteiger partial charge >= 0.3 is 0 Å². The molecule has 2 aromatic rings. The van der Waals surface area contributed by atoms with Crippen LogP contribution in [0.1, 0.15) is 12.5 Å². The van der Waals surface area contributed by atoms with Crippen LogP contribution in [-0.4, -0.2) is 13.4 Å². The Balaban J connectivity index is 2.30. The molecule has 20 heavy (non-hydrogen) atoms. The molecule has 0 atom stereocenters. The number of hydrogen-bond acceptors (Lipinski definition) is 5. The maximum Gasteiger partial charge on any atom is 0.263 e. The molecule has 1 aromatic heterocycles. The van der Waals surface area contributed by atoms with E-state index in [1.165, 1.54) is 18.3 Å². The Morgan fingerprint density at radius 1 is 1.20 bits per heavy atom. The number of nitrogens with two attached hydrogens (primary N) is 1. The van der Waals surface area contributed by atoms with Gasteiger partial charge in [-0.3, -0.25) is 4.72 Å². The molecule has 0 aliphatic carbocycles. The molecule has 1 heterocycles. The van der Waals surface area contributed by atoms with Crippen molar-refractivity contribution in [2.24, 2.45) is 5.84 Å². The highest BCUT2D eigenvalue weighted by molar-refractivity contribution is 7.92. The lowest BCUT2D eigenvalue weighted by atomic mass is 10.1. The summed E-state index contributed by atoms with van der Waals surface area (Å²) in [7, 11) is -3.65. The van der Waals surface area contributed by atoms with Gasteiger partial charge in [-0.05, 0) is 30.2 Å². The number of anilines is 2. The van der Waals surface area contributed by atoms with Crippen molar-refractivity contribution in [3.63, 3.8) is 0 Å². The number of hydrogen-bond donors (Lipinski definition) is 3. The van der Waals surface area contributed by atoms with Crippen LogP contribution in [0.25, 0.3) is 0 Å². The summed E-state index contributed by atoms with van der Waals surface area (Å²) in [6, 6.07) is 10.2. The molecule has 0 fully saturated rings. The summed E-state index contributed by atoms with van der Waals surface area (Å²) in [6.07, 6.45) is 2.00. The standard InChI is InChI=1S/C13H16N4O2S/c1-2-10-5-3-4-6-12(10)17-20(18,19)11-7-8-13(16-14)15-9-11/h3-9,17H,2,14H2,1H3,(H,15,16).